The molecule has 0 aromatic carbocycles. The molecule has 516 valence electrons. The first-order valence-corrected chi connectivity index (χ1v) is 38.4. The van der Waals surface area contributed by atoms with Crippen molar-refractivity contribution in [2.75, 3.05) is 39.6 Å². The van der Waals surface area contributed by atoms with Crippen molar-refractivity contribution < 1.29 is 80.2 Å². The minimum absolute atomic E-state index is 0.102. The summed E-state index contributed by atoms with van der Waals surface area (Å²) in [6, 6.07) is 0. The molecule has 0 fully saturated rings. The van der Waals surface area contributed by atoms with Crippen LogP contribution >= 0.6 is 15.6 Å². The number of carbonyl (C=O) groups is 4. The molecular weight excluding hydrogens is 1150 g/mol. The monoisotopic (exact) mass is 1280 g/mol. The maximum absolute atomic E-state index is 13.0. The molecule has 3 N–H and O–H groups in total. The predicted molar refractivity (Wildman–Crippen MR) is 349 cm³/mol. The number of hydrogen-bond donors (Lipinski definition) is 3. The van der Waals surface area contributed by atoms with Crippen LogP contribution in [0.2, 0.25) is 0 Å². The van der Waals surface area contributed by atoms with Gasteiger partial charge in [-0.15, -0.1) is 0 Å². The first-order chi connectivity index (χ1) is 41.8. The molecule has 0 aromatic rings. The van der Waals surface area contributed by atoms with E-state index in [2.05, 4.69) is 48.5 Å². The summed E-state index contributed by atoms with van der Waals surface area (Å²) in [4.78, 5) is 72.3. The van der Waals surface area contributed by atoms with Crippen molar-refractivity contribution in [2.45, 2.75) is 356 Å². The maximum Gasteiger partial charge on any atom is 0.472 e. The van der Waals surface area contributed by atoms with Crippen LogP contribution in [0.15, 0.2) is 0 Å². The summed E-state index contributed by atoms with van der Waals surface area (Å²) < 4.78 is 68.0. The van der Waals surface area contributed by atoms with Crippen LogP contribution in [0.4, 0.5) is 0 Å². The van der Waals surface area contributed by atoms with Crippen molar-refractivity contribution in [3.63, 3.8) is 0 Å². The van der Waals surface area contributed by atoms with Crippen LogP contribution in [0, 0.1) is 17.8 Å². The third-order valence-electron chi connectivity index (χ3n) is 16.0. The highest BCUT2D eigenvalue weighted by Gasteiger charge is 2.30. The van der Waals surface area contributed by atoms with Gasteiger partial charge in [-0.25, -0.2) is 9.13 Å². The van der Waals surface area contributed by atoms with Crippen LogP contribution in [-0.4, -0.2) is 96.7 Å². The average molecular weight is 1280 g/mol. The largest absolute Gasteiger partial charge is 0.472 e. The van der Waals surface area contributed by atoms with Crippen molar-refractivity contribution in [1.82, 2.24) is 0 Å². The predicted octanol–water partition coefficient (Wildman–Crippen LogP) is 19.1. The third-order valence-corrected chi connectivity index (χ3v) is 17.9. The van der Waals surface area contributed by atoms with E-state index in [4.69, 9.17) is 37.0 Å². The first kappa shape index (κ1) is 85.1. The zero-order chi connectivity index (χ0) is 64.5. The summed E-state index contributed by atoms with van der Waals surface area (Å²) in [5.74, 6) is 0.119. The smallest absolute Gasteiger partial charge is 0.462 e. The van der Waals surface area contributed by atoms with Crippen molar-refractivity contribution >= 4 is 39.5 Å². The Hall–Kier alpha value is -1.94. The number of aliphatic hydroxyl groups excluding tert-OH is 1. The van der Waals surface area contributed by atoms with Gasteiger partial charge in [-0.2, -0.15) is 0 Å². The maximum atomic E-state index is 13.0. The minimum Gasteiger partial charge on any atom is -0.462 e. The molecular formula is C68H132O17P2. The second-order valence-electron chi connectivity index (χ2n) is 25.8. The van der Waals surface area contributed by atoms with Crippen molar-refractivity contribution in [3.8, 4) is 0 Å². The van der Waals surface area contributed by atoms with E-state index in [0.717, 1.165) is 120 Å². The number of rotatable bonds is 66. The Kier molecular flexibility index (Phi) is 57.8. The molecule has 0 aliphatic carbocycles. The van der Waals surface area contributed by atoms with Gasteiger partial charge in [-0.1, -0.05) is 286 Å². The summed E-state index contributed by atoms with van der Waals surface area (Å²) in [5.41, 5.74) is 0. The molecule has 0 bridgehead atoms. The summed E-state index contributed by atoms with van der Waals surface area (Å²) in [6.07, 6.45) is 42.0. The Bertz CT molecular complexity index is 1720. The van der Waals surface area contributed by atoms with E-state index in [1.165, 1.54) is 135 Å². The Morgan fingerprint density at radius 1 is 0.333 bits per heavy atom. The molecule has 3 unspecified atom stereocenters. The van der Waals surface area contributed by atoms with Gasteiger partial charge >= 0.3 is 39.5 Å². The molecule has 0 aliphatic heterocycles. The lowest BCUT2D eigenvalue weighted by atomic mass is 10.00. The molecule has 0 saturated heterocycles. The van der Waals surface area contributed by atoms with Gasteiger partial charge in [0.1, 0.15) is 19.3 Å². The highest BCUT2D eigenvalue weighted by molar-refractivity contribution is 7.47. The highest BCUT2D eigenvalue weighted by Crippen LogP contribution is 2.45. The van der Waals surface area contributed by atoms with Crippen LogP contribution in [-0.2, 0) is 65.4 Å². The zero-order valence-corrected chi connectivity index (χ0v) is 58.3. The lowest BCUT2D eigenvalue weighted by molar-refractivity contribution is -0.161. The molecule has 0 aromatic heterocycles. The Morgan fingerprint density at radius 2 is 0.586 bits per heavy atom. The van der Waals surface area contributed by atoms with Crippen molar-refractivity contribution in [2.24, 2.45) is 17.8 Å². The van der Waals surface area contributed by atoms with Gasteiger partial charge in [0.15, 0.2) is 12.2 Å². The average Bonchev–Trinajstić information content (AvgIpc) is 3.68. The fourth-order valence-corrected chi connectivity index (χ4v) is 11.7. The van der Waals surface area contributed by atoms with Crippen molar-refractivity contribution in [3.05, 3.63) is 0 Å². The second-order valence-corrected chi connectivity index (χ2v) is 28.7. The second kappa shape index (κ2) is 59.1. The van der Waals surface area contributed by atoms with Crippen LogP contribution in [0.5, 0.6) is 0 Å². The number of esters is 4. The number of hydrogen-bond acceptors (Lipinski definition) is 15. The van der Waals surface area contributed by atoms with Gasteiger partial charge in [0.2, 0.25) is 0 Å². The normalized spacial score (nSPS) is 14.6. The minimum atomic E-state index is -4.95. The lowest BCUT2D eigenvalue weighted by Gasteiger charge is -2.21. The quantitative estimate of drug-likeness (QED) is 0.0222. The standard InChI is InChI=1S/C68H132O17P2/c1-8-10-11-12-25-35-42-49-65(70)78-55-64(85-68(73)52-45-38-31-30-34-41-48-61(7)9-2)58-83-87(76,77)81-54-62(69)53-80-86(74,75)82-57-63(56-79-66(71)50-43-36-28-24-23-27-33-40-47-60(5)6)84-67(72)51-44-37-29-22-20-18-16-14-13-15-17-19-21-26-32-39-46-59(3)4/h59-64,69H,8-58H2,1-7H3,(H,74,75)(H,76,77)/t61?,62-,63-,64-/m1/s1. The summed E-state index contributed by atoms with van der Waals surface area (Å²) in [5, 5.41) is 10.5. The molecule has 0 saturated carbocycles. The fourth-order valence-electron chi connectivity index (χ4n) is 10.2. The van der Waals surface area contributed by atoms with Crippen LogP contribution in [0.25, 0.3) is 0 Å². The molecule has 0 spiro atoms. The molecule has 0 aliphatic rings. The SMILES string of the molecule is CCCCCCCCCC(=O)OC[C@H](COP(=O)(O)OC[C@H](O)COP(=O)(O)OC[C@@H](COC(=O)CCCCCCCCCCC(C)C)OC(=O)CCCCCCCCCCCCCCCCCCC(C)C)OC(=O)CCCCCCCCC(C)CC. The van der Waals surface area contributed by atoms with E-state index in [9.17, 15) is 43.2 Å². The van der Waals surface area contributed by atoms with Gasteiger partial charge in [0, 0.05) is 25.7 Å². The number of unbranched alkanes of at least 4 members (excludes halogenated alkanes) is 33. The van der Waals surface area contributed by atoms with Crippen LogP contribution in [0.3, 0.4) is 0 Å². The molecule has 17 nitrogen and oxygen atoms in total. The van der Waals surface area contributed by atoms with Gasteiger partial charge in [-0.05, 0) is 43.4 Å². The Balaban J connectivity index is 5.17. The number of phosphoric acid groups is 2. The molecule has 87 heavy (non-hydrogen) atoms. The topological polar surface area (TPSA) is 237 Å². The van der Waals surface area contributed by atoms with Gasteiger partial charge in [0.05, 0.1) is 26.4 Å². The first-order valence-electron chi connectivity index (χ1n) is 35.4. The number of phosphoric ester groups is 2. The van der Waals surface area contributed by atoms with Crippen molar-refractivity contribution in [1.29, 1.82) is 0 Å². The Morgan fingerprint density at radius 3 is 0.874 bits per heavy atom. The van der Waals surface area contributed by atoms with E-state index in [1.54, 1.807) is 0 Å². The molecule has 0 heterocycles. The molecule has 19 heteroatoms. The van der Waals surface area contributed by atoms with E-state index in [0.29, 0.717) is 25.7 Å². The number of aliphatic hydroxyl groups is 1. The number of carbonyl (C=O) groups excluding carboxylic acids is 4. The van der Waals surface area contributed by atoms with Crippen LogP contribution < -0.4 is 0 Å². The Labute approximate surface area is 530 Å². The number of ether oxygens (including phenoxy) is 4. The van der Waals surface area contributed by atoms with E-state index in [-0.39, 0.29) is 25.7 Å². The zero-order valence-electron chi connectivity index (χ0n) is 56.5. The van der Waals surface area contributed by atoms with E-state index in [1.807, 2.05) is 0 Å². The highest BCUT2D eigenvalue weighted by atomic mass is 31.2. The summed E-state index contributed by atoms with van der Waals surface area (Å²) >= 11 is 0. The molecule has 6 atom stereocenters. The molecule has 0 radical (unpaired) electrons. The fraction of sp³-hybridized carbons (Fsp3) is 0.941. The van der Waals surface area contributed by atoms with Gasteiger partial charge in [-0.3, -0.25) is 37.3 Å². The molecule has 0 rings (SSSR count). The van der Waals surface area contributed by atoms with Gasteiger partial charge in [0.25, 0.3) is 0 Å². The summed E-state index contributed by atoms with van der Waals surface area (Å²) in [7, 11) is -9.89. The van der Waals surface area contributed by atoms with E-state index < -0.39 is 97.5 Å². The third kappa shape index (κ3) is 61.3. The van der Waals surface area contributed by atoms with Crippen LogP contribution in [0.1, 0.15) is 337 Å². The van der Waals surface area contributed by atoms with Gasteiger partial charge < -0.3 is 33.8 Å². The van der Waals surface area contributed by atoms with E-state index >= 15 is 0 Å². The summed E-state index contributed by atoms with van der Waals surface area (Å²) in [6.45, 7) is 11.7. The molecule has 0 amide bonds. The lowest BCUT2D eigenvalue weighted by Crippen LogP contribution is -2.30.